The van der Waals surface area contributed by atoms with Crippen molar-refractivity contribution in [2.75, 3.05) is 37.9 Å². The van der Waals surface area contributed by atoms with Crippen LogP contribution in [0.25, 0.3) is 0 Å². The van der Waals surface area contributed by atoms with E-state index in [2.05, 4.69) is 88.4 Å². The van der Waals surface area contributed by atoms with Crippen LogP contribution in [0.5, 0.6) is 0 Å². The molecule has 41 heavy (non-hydrogen) atoms. The zero-order chi connectivity index (χ0) is 30.2. The first-order valence-electron chi connectivity index (χ1n) is 15.2. The minimum atomic E-state index is -3.04. The molecule has 0 aromatic heterocycles. The first kappa shape index (κ1) is 36.6. The summed E-state index contributed by atoms with van der Waals surface area (Å²) in [5.41, 5.74) is 2.68. The molecule has 2 aromatic carbocycles. The van der Waals surface area contributed by atoms with Gasteiger partial charge in [0.25, 0.3) is 0 Å². The van der Waals surface area contributed by atoms with Crippen LogP contribution in [0.15, 0.2) is 60.7 Å². The van der Waals surface area contributed by atoms with E-state index >= 15 is 0 Å². The maximum atomic E-state index is 6.99. The molecule has 0 bridgehead atoms. The first-order valence-corrected chi connectivity index (χ1v) is 21.1. The fraction of sp³-hybridized carbons (Fsp3) is 0.625. The lowest BCUT2D eigenvalue weighted by Gasteiger charge is -2.38. The quantitative estimate of drug-likeness (QED) is 0.0941. The van der Waals surface area contributed by atoms with Gasteiger partial charge in [-0.25, -0.2) is 0 Å². The van der Waals surface area contributed by atoms with Crippen molar-refractivity contribution < 1.29 is 21.8 Å². The largest absolute Gasteiger partial charge is 0.493 e. The molecule has 0 aliphatic rings. The van der Waals surface area contributed by atoms with Gasteiger partial charge in [0.1, 0.15) is 0 Å². The van der Waals surface area contributed by atoms with E-state index in [1.807, 2.05) is 51.2 Å². The Bertz CT molecular complexity index is 874. The van der Waals surface area contributed by atoms with Crippen LogP contribution in [-0.2, 0) is 31.3 Å². The number of hydrogen-bond donors (Lipinski definition) is 0. The van der Waals surface area contributed by atoms with Crippen LogP contribution in [0, 0.1) is 0 Å². The number of rotatable bonds is 22. The number of thioether (sulfide) groups is 2. The Morgan fingerprint density at radius 2 is 0.854 bits per heavy atom. The monoisotopic (exact) mass is 638 g/mol. The summed E-state index contributed by atoms with van der Waals surface area (Å²) in [7, 11) is -6.08. The standard InChI is InChI=1S/C32H54O5S2Si2/c1-9-33-40(34-10-2,27-19-25-38-31(5,6)29-21-15-13-16-22-29)37-41(35-11-3,36-12-4)28-20-26-39-32(7,8)30-23-17-14-18-24-30/h13-18,21-24H,9-12,19-20,25-28H2,1-8H3. The zero-order valence-corrected chi connectivity index (χ0v) is 30.3. The lowest BCUT2D eigenvalue weighted by atomic mass is 10.0. The molecule has 0 saturated heterocycles. The average Bonchev–Trinajstić information content (AvgIpc) is 2.95. The van der Waals surface area contributed by atoms with Gasteiger partial charge in [0.2, 0.25) is 0 Å². The highest BCUT2D eigenvalue weighted by molar-refractivity contribution is 8.00. The summed E-state index contributed by atoms with van der Waals surface area (Å²) in [4.78, 5) is 0. The third kappa shape index (κ3) is 12.1. The van der Waals surface area contributed by atoms with Crippen molar-refractivity contribution in [2.45, 2.75) is 89.8 Å². The summed E-state index contributed by atoms with van der Waals surface area (Å²) in [5.74, 6) is 1.98. The zero-order valence-electron chi connectivity index (χ0n) is 26.7. The molecule has 0 aliphatic carbocycles. The lowest BCUT2D eigenvalue weighted by Crippen LogP contribution is -2.59. The molecule has 0 unspecified atom stereocenters. The number of hydrogen-bond acceptors (Lipinski definition) is 7. The van der Waals surface area contributed by atoms with Gasteiger partial charge in [0.05, 0.1) is 0 Å². The van der Waals surface area contributed by atoms with Crippen LogP contribution in [-0.4, -0.2) is 55.5 Å². The molecule has 0 amide bonds. The van der Waals surface area contributed by atoms with Crippen molar-refractivity contribution in [3.63, 3.8) is 0 Å². The fourth-order valence-electron chi connectivity index (χ4n) is 4.79. The molecule has 5 nitrogen and oxygen atoms in total. The topological polar surface area (TPSA) is 46.2 Å². The molecule has 2 aromatic rings. The van der Waals surface area contributed by atoms with Crippen LogP contribution in [0.2, 0.25) is 12.1 Å². The van der Waals surface area contributed by atoms with E-state index in [9.17, 15) is 0 Å². The maximum Gasteiger partial charge on any atom is 0.493 e. The van der Waals surface area contributed by atoms with Gasteiger partial charge in [0.15, 0.2) is 0 Å². The molecule has 0 saturated carbocycles. The molecular formula is C32H54O5S2Si2. The van der Waals surface area contributed by atoms with Gasteiger partial charge < -0.3 is 21.8 Å². The normalized spacial score (nSPS) is 13.1. The van der Waals surface area contributed by atoms with Crippen molar-refractivity contribution in [3.05, 3.63) is 71.8 Å². The smallest absolute Gasteiger partial charge is 0.374 e. The predicted octanol–water partition coefficient (Wildman–Crippen LogP) is 9.14. The predicted molar refractivity (Wildman–Crippen MR) is 182 cm³/mol. The van der Waals surface area contributed by atoms with Gasteiger partial charge >= 0.3 is 17.6 Å². The molecule has 2 rings (SSSR count). The summed E-state index contributed by atoms with van der Waals surface area (Å²) in [6.07, 6.45) is 1.88. The molecule has 232 valence electrons. The Balaban J connectivity index is 2.11. The molecule has 0 radical (unpaired) electrons. The van der Waals surface area contributed by atoms with Crippen LogP contribution >= 0.6 is 23.5 Å². The molecule has 0 aliphatic heterocycles. The second-order valence-electron chi connectivity index (χ2n) is 10.9. The first-order chi connectivity index (χ1) is 19.6. The van der Waals surface area contributed by atoms with E-state index in [1.54, 1.807) is 0 Å². The molecule has 9 heteroatoms. The second kappa shape index (κ2) is 18.2. The highest BCUT2D eigenvalue weighted by Crippen LogP contribution is 2.38. The van der Waals surface area contributed by atoms with Crippen molar-refractivity contribution >= 4 is 41.1 Å². The van der Waals surface area contributed by atoms with Crippen LogP contribution in [0.4, 0.5) is 0 Å². The summed E-state index contributed by atoms with van der Waals surface area (Å²) in [6.45, 7) is 19.4. The van der Waals surface area contributed by atoms with Crippen LogP contribution in [0.1, 0.15) is 79.4 Å². The van der Waals surface area contributed by atoms with Gasteiger partial charge in [-0.3, -0.25) is 0 Å². The SMILES string of the molecule is CCO[Si](CCCSC(C)(C)c1ccccc1)(OCC)O[Si](CCCSC(C)(C)c1ccccc1)(OCC)OCC. The molecule has 0 spiro atoms. The van der Waals surface area contributed by atoms with Crippen molar-refractivity contribution in [3.8, 4) is 0 Å². The number of benzene rings is 2. The van der Waals surface area contributed by atoms with Gasteiger partial charge in [-0.1, -0.05) is 60.7 Å². The lowest BCUT2D eigenvalue weighted by molar-refractivity contribution is 0.0494. The van der Waals surface area contributed by atoms with Gasteiger partial charge in [-0.2, -0.15) is 23.5 Å². The van der Waals surface area contributed by atoms with Crippen LogP contribution in [0.3, 0.4) is 0 Å². The Morgan fingerprint density at radius 1 is 0.537 bits per heavy atom. The highest BCUT2D eigenvalue weighted by atomic mass is 32.2. The van der Waals surface area contributed by atoms with Gasteiger partial charge in [0, 0.05) is 48.0 Å². The Hall–Kier alpha value is -0.626. The van der Waals surface area contributed by atoms with E-state index in [4.69, 9.17) is 21.8 Å². The van der Waals surface area contributed by atoms with Crippen molar-refractivity contribution in [1.29, 1.82) is 0 Å². The second-order valence-corrected chi connectivity index (χ2v) is 20.0. The van der Waals surface area contributed by atoms with Gasteiger partial charge in [-0.05, 0) is 90.9 Å². The van der Waals surface area contributed by atoms with Crippen molar-refractivity contribution in [2.24, 2.45) is 0 Å². The van der Waals surface area contributed by atoms with Crippen LogP contribution < -0.4 is 0 Å². The summed E-state index contributed by atoms with van der Waals surface area (Å²) in [5, 5.41) is 0. The third-order valence-electron chi connectivity index (χ3n) is 6.89. The van der Waals surface area contributed by atoms with Gasteiger partial charge in [-0.15, -0.1) is 0 Å². The minimum Gasteiger partial charge on any atom is -0.374 e. The molecule has 0 heterocycles. The van der Waals surface area contributed by atoms with E-state index in [0.29, 0.717) is 26.4 Å². The Kier molecular flexibility index (Phi) is 16.3. The maximum absolute atomic E-state index is 6.99. The Labute approximate surface area is 261 Å². The molecule has 0 fully saturated rings. The minimum absolute atomic E-state index is 0.0317. The average molecular weight is 639 g/mol. The summed E-state index contributed by atoms with van der Waals surface area (Å²) in [6, 6.07) is 22.9. The highest BCUT2D eigenvalue weighted by Gasteiger charge is 2.53. The Morgan fingerprint density at radius 3 is 1.15 bits per heavy atom. The van der Waals surface area contributed by atoms with E-state index in [-0.39, 0.29) is 9.49 Å². The molecule has 0 N–H and O–H groups in total. The molecular weight excluding hydrogens is 585 g/mol. The van der Waals surface area contributed by atoms with E-state index in [0.717, 1.165) is 36.4 Å². The summed E-state index contributed by atoms with van der Waals surface area (Å²) < 4.78 is 32.7. The van der Waals surface area contributed by atoms with E-state index < -0.39 is 17.6 Å². The molecule has 0 atom stereocenters. The summed E-state index contributed by atoms with van der Waals surface area (Å²) >= 11 is 3.93. The van der Waals surface area contributed by atoms with E-state index in [1.165, 1.54) is 11.1 Å². The van der Waals surface area contributed by atoms with Crippen molar-refractivity contribution in [1.82, 2.24) is 0 Å². The third-order valence-corrected chi connectivity index (χ3v) is 17.1. The fourth-order valence-corrected chi connectivity index (χ4v) is 14.9.